The molecular weight excluding hydrogens is 396 g/mol. The molecule has 3 nitrogen and oxygen atoms in total. The Labute approximate surface area is 171 Å². The lowest BCUT2D eigenvalue weighted by molar-refractivity contribution is 0.415. The number of benzene rings is 2. The van der Waals surface area contributed by atoms with Crippen molar-refractivity contribution < 1.29 is 4.74 Å². The van der Waals surface area contributed by atoms with Gasteiger partial charge in [0.15, 0.2) is 0 Å². The van der Waals surface area contributed by atoms with Crippen LogP contribution in [0.15, 0.2) is 82.2 Å². The van der Waals surface area contributed by atoms with E-state index in [-0.39, 0.29) is 0 Å². The molecule has 0 radical (unpaired) electrons. The van der Waals surface area contributed by atoms with E-state index in [0.717, 1.165) is 41.7 Å². The lowest BCUT2D eigenvalue weighted by Gasteiger charge is -2.04. The van der Waals surface area contributed by atoms with Crippen molar-refractivity contribution in [1.82, 2.24) is 9.97 Å². The summed E-state index contributed by atoms with van der Waals surface area (Å²) in [5.74, 6) is 0.827. The van der Waals surface area contributed by atoms with Gasteiger partial charge < -0.3 is 4.74 Å². The summed E-state index contributed by atoms with van der Waals surface area (Å²) in [7, 11) is 1.67. The van der Waals surface area contributed by atoms with Gasteiger partial charge in [0.05, 0.1) is 17.0 Å². The maximum atomic E-state index is 6.02. The number of thiazole rings is 1. The van der Waals surface area contributed by atoms with E-state index in [9.17, 15) is 0 Å². The normalized spacial score (nSPS) is 10.7. The van der Waals surface area contributed by atoms with Crippen LogP contribution in [0.3, 0.4) is 0 Å². The molecule has 0 aliphatic heterocycles. The van der Waals surface area contributed by atoms with Crippen molar-refractivity contribution in [3.63, 3.8) is 0 Å². The number of methoxy groups -OCH3 is 1. The van der Waals surface area contributed by atoms with Crippen LogP contribution in [0.4, 0.5) is 0 Å². The number of ether oxygens (including phenoxy) is 1. The lowest BCUT2D eigenvalue weighted by Crippen LogP contribution is -1.84. The van der Waals surface area contributed by atoms with E-state index in [4.69, 9.17) is 21.3 Å². The maximum Gasteiger partial charge on any atom is 0.126 e. The zero-order valence-electron chi connectivity index (χ0n) is 14.4. The minimum absolute atomic E-state index is 0.732. The van der Waals surface area contributed by atoms with Gasteiger partial charge >= 0.3 is 0 Å². The Morgan fingerprint density at radius 2 is 1.74 bits per heavy atom. The van der Waals surface area contributed by atoms with Crippen LogP contribution in [0, 0.1) is 0 Å². The van der Waals surface area contributed by atoms with E-state index >= 15 is 0 Å². The number of nitrogens with zero attached hydrogens (tertiary/aromatic N) is 2. The predicted octanol–water partition coefficient (Wildman–Crippen LogP) is 6.69. The first-order valence-electron chi connectivity index (χ1n) is 8.22. The molecule has 0 spiro atoms. The van der Waals surface area contributed by atoms with Crippen molar-refractivity contribution in [1.29, 1.82) is 0 Å². The highest BCUT2D eigenvalue weighted by molar-refractivity contribution is 8.01. The van der Waals surface area contributed by atoms with Crippen LogP contribution in [-0.2, 0) is 0 Å². The number of rotatable bonds is 5. The number of hydrogen-bond donors (Lipinski definition) is 0. The summed E-state index contributed by atoms with van der Waals surface area (Å²) < 4.78 is 6.40. The minimum atomic E-state index is 0.732. The number of halogens is 1. The third-order valence-corrected chi connectivity index (χ3v) is 6.43. The molecule has 0 saturated heterocycles. The van der Waals surface area contributed by atoms with Gasteiger partial charge in [-0.3, -0.25) is 4.98 Å². The topological polar surface area (TPSA) is 35.0 Å². The predicted molar refractivity (Wildman–Crippen MR) is 113 cm³/mol. The van der Waals surface area contributed by atoms with E-state index in [0.29, 0.717) is 0 Å². The van der Waals surface area contributed by atoms with Crippen LogP contribution in [-0.4, -0.2) is 17.1 Å². The van der Waals surface area contributed by atoms with E-state index < -0.39 is 0 Å². The summed E-state index contributed by atoms with van der Waals surface area (Å²) in [6.45, 7) is 0. The van der Waals surface area contributed by atoms with Crippen LogP contribution < -0.4 is 4.74 Å². The largest absolute Gasteiger partial charge is 0.497 e. The van der Waals surface area contributed by atoms with Crippen LogP contribution >= 0.6 is 34.7 Å². The second-order valence-corrected chi connectivity index (χ2v) is 8.46. The molecule has 0 N–H and O–H groups in total. The van der Waals surface area contributed by atoms with E-state index in [1.807, 2.05) is 66.9 Å². The van der Waals surface area contributed by atoms with Gasteiger partial charge in [-0.15, -0.1) is 11.3 Å². The smallest absolute Gasteiger partial charge is 0.126 e. The zero-order valence-corrected chi connectivity index (χ0v) is 16.8. The Morgan fingerprint density at radius 3 is 2.41 bits per heavy atom. The molecule has 4 aromatic rings. The highest BCUT2D eigenvalue weighted by Gasteiger charge is 2.16. The van der Waals surface area contributed by atoms with Crippen molar-refractivity contribution in [2.45, 2.75) is 9.10 Å². The van der Waals surface area contributed by atoms with E-state index in [1.165, 1.54) is 0 Å². The fourth-order valence-electron chi connectivity index (χ4n) is 2.53. The summed E-state index contributed by atoms with van der Waals surface area (Å²) in [6.07, 6.45) is 3.61. The van der Waals surface area contributed by atoms with Crippen LogP contribution in [0.1, 0.15) is 0 Å². The molecule has 0 amide bonds. The Bertz CT molecular complexity index is 1030. The van der Waals surface area contributed by atoms with Gasteiger partial charge in [0.2, 0.25) is 0 Å². The first-order valence-corrected chi connectivity index (χ1v) is 10.2. The van der Waals surface area contributed by atoms with Crippen LogP contribution in [0.5, 0.6) is 5.75 Å². The molecule has 2 heterocycles. The molecule has 0 unspecified atom stereocenters. The van der Waals surface area contributed by atoms with Crippen molar-refractivity contribution >= 4 is 34.7 Å². The zero-order chi connectivity index (χ0) is 18.6. The SMILES string of the molecule is COc1ccc(-c2nc(-c3cccnc3)sc2Sc2ccc(Cl)cc2)cc1. The molecular formula is C21H15ClN2OS2. The molecule has 6 heteroatoms. The van der Waals surface area contributed by atoms with Gasteiger partial charge in [0, 0.05) is 33.4 Å². The molecule has 0 aliphatic rings. The first-order chi connectivity index (χ1) is 13.2. The molecule has 0 atom stereocenters. The molecule has 2 aromatic heterocycles. The minimum Gasteiger partial charge on any atom is -0.497 e. The average molecular weight is 411 g/mol. The van der Waals surface area contributed by atoms with Crippen molar-refractivity contribution in [3.8, 4) is 27.6 Å². The van der Waals surface area contributed by atoms with E-state index in [2.05, 4.69) is 4.98 Å². The summed E-state index contributed by atoms with van der Waals surface area (Å²) in [5.41, 5.74) is 3.03. The van der Waals surface area contributed by atoms with Gasteiger partial charge in [-0.25, -0.2) is 4.98 Å². The molecule has 27 heavy (non-hydrogen) atoms. The Morgan fingerprint density at radius 1 is 0.963 bits per heavy atom. The third kappa shape index (κ3) is 4.16. The van der Waals surface area contributed by atoms with Gasteiger partial charge in [0.1, 0.15) is 10.8 Å². The van der Waals surface area contributed by atoms with Crippen molar-refractivity contribution in [2.75, 3.05) is 7.11 Å². The Hall–Kier alpha value is -2.34. The first kappa shape index (κ1) is 18.0. The fourth-order valence-corrected chi connectivity index (χ4v) is 4.90. The second-order valence-electron chi connectivity index (χ2n) is 5.68. The molecule has 0 bridgehead atoms. The lowest BCUT2D eigenvalue weighted by atomic mass is 10.1. The van der Waals surface area contributed by atoms with Crippen LogP contribution in [0.25, 0.3) is 21.8 Å². The maximum absolute atomic E-state index is 6.02. The van der Waals surface area contributed by atoms with Gasteiger partial charge in [0.25, 0.3) is 0 Å². The van der Waals surface area contributed by atoms with Crippen molar-refractivity contribution in [3.05, 3.63) is 78.1 Å². The van der Waals surface area contributed by atoms with E-state index in [1.54, 1.807) is 36.4 Å². The second kappa shape index (κ2) is 8.13. The summed E-state index contributed by atoms with van der Waals surface area (Å²) in [4.78, 5) is 10.2. The monoisotopic (exact) mass is 410 g/mol. The van der Waals surface area contributed by atoms with Gasteiger partial charge in [-0.05, 0) is 60.7 Å². The molecule has 0 saturated carbocycles. The fraction of sp³-hybridized carbons (Fsp3) is 0.0476. The van der Waals surface area contributed by atoms with Gasteiger partial charge in [-0.1, -0.05) is 23.4 Å². The van der Waals surface area contributed by atoms with Crippen LogP contribution in [0.2, 0.25) is 5.02 Å². The standard InChI is InChI=1S/C21H15ClN2OS2/c1-25-17-8-4-14(5-9-17)19-21(26-18-10-6-16(22)7-11-18)27-20(24-19)15-3-2-12-23-13-15/h2-13H,1H3. The number of pyridine rings is 1. The number of aromatic nitrogens is 2. The highest BCUT2D eigenvalue weighted by atomic mass is 35.5. The highest BCUT2D eigenvalue weighted by Crippen LogP contribution is 2.43. The summed E-state index contributed by atoms with van der Waals surface area (Å²) >= 11 is 9.37. The molecule has 0 aliphatic carbocycles. The summed E-state index contributed by atoms with van der Waals surface area (Å²) in [5, 5.41) is 1.68. The molecule has 134 valence electrons. The van der Waals surface area contributed by atoms with Gasteiger partial charge in [-0.2, -0.15) is 0 Å². The summed E-state index contributed by atoms with van der Waals surface area (Å²) in [6, 6.07) is 19.8. The molecule has 2 aromatic carbocycles. The quantitative estimate of drug-likeness (QED) is 0.367. The third-order valence-electron chi connectivity index (χ3n) is 3.89. The van der Waals surface area contributed by atoms with Crippen molar-refractivity contribution in [2.24, 2.45) is 0 Å². The Balaban J connectivity index is 1.76. The molecule has 4 rings (SSSR count). The average Bonchev–Trinajstić information content (AvgIpc) is 3.14. The molecule has 0 fully saturated rings. The number of hydrogen-bond acceptors (Lipinski definition) is 5. The Kier molecular flexibility index (Phi) is 5.43.